The molecule has 1 heterocycles. The summed E-state index contributed by atoms with van der Waals surface area (Å²) >= 11 is 6.04. The Hall–Kier alpha value is -1.40. The first kappa shape index (κ1) is 15.0. The maximum atomic E-state index is 12.4. The summed E-state index contributed by atoms with van der Waals surface area (Å²) in [5, 5.41) is 2.75. The molecule has 0 aromatic heterocycles. The van der Waals surface area contributed by atoms with Gasteiger partial charge in [0.25, 0.3) is 0 Å². The molecule has 1 N–H and O–H groups in total. The van der Waals surface area contributed by atoms with Crippen LogP contribution < -0.4 is 5.32 Å². The van der Waals surface area contributed by atoms with Crippen molar-refractivity contribution in [3.63, 3.8) is 0 Å². The lowest BCUT2D eigenvalue weighted by atomic mass is 9.97. The van der Waals surface area contributed by atoms with Crippen LogP contribution in [-0.2, 0) is 21.1 Å². The molecular formula is C13H14ClNO4S. The van der Waals surface area contributed by atoms with Crippen LogP contribution in [0.2, 0.25) is 5.02 Å². The van der Waals surface area contributed by atoms with Crippen molar-refractivity contribution in [1.29, 1.82) is 0 Å². The van der Waals surface area contributed by atoms with E-state index in [9.17, 15) is 18.0 Å². The fourth-order valence-corrected chi connectivity index (χ4v) is 2.61. The molecule has 0 radical (unpaired) electrons. The third kappa shape index (κ3) is 2.33. The highest BCUT2D eigenvalue weighted by molar-refractivity contribution is 7.92. The highest BCUT2D eigenvalue weighted by Crippen LogP contribution is 2.33. The Labute approximate surface area is 122 Å². The lowest BCUT2D eigenvalue weighted by Gasteiger charge is -2.21. The number of hydrogen-bond acceptors (Lipinski definition) is 4. The van der Waals surface area contributed by atoms with Crippen LogP contribution in [0.3, 0.4) is 0 Å². The number of hydrogen-bond donors (Lipinski definition) is 1. The monoisotopic (exact) mass is 315 g/mol. The predicted molar refractivity (Wildman–Crippen MR) is 77.0 cm³/mol. The second kappa shape index (κ2) is 4.56. The minimum atomic E-state index is -3.58. The number of carbonyl (C=O) groups excluding carboxylic acids is 2. The molecule has 0 bridgehead atoms. The van der Waals surface area contributed by atoms with E-state index in [2.05, 4.69) is 5.32 Å². The van der Waals surface area contributed by atoms with E-state index in [1.54, 1.807) is 0 Å². The number of carbonyl (C=O) groups is 2. The van der Waals surface area contributed by atoms with Gasteiger partial charge in [0.05, 0.1) is 11.4 Å². The quantitative estimate of drug-likeness (QED) is 0.863. The van der Waals surface area contributed by atoms with Crippen molar-refractivity contribution in [2.75, 3.05) is 11.6 Å². The Balaban J connectivity index is 2.53. The first-order valence-electron chi connectivity index (χ1n) is 5.90. The molecule has 1 aromatic rings. The van der Waals surface area contributed by atoms with Crippen LogP contribution in [0.1, 0.15) is 29.8 Å². The first-order chi connectivity index (χ1) is 9.04. The minimum Gasteiger partial charge on any atom is -0.325 e. The van der Waals surface area contributed by atoms with E-state index in [1.165, 1.54) is 26.0 Å². The van der Waals surface area contributed by atoms with Gasteiger partial charge < -0.3 is 5.32 Å². The summed E-state index contributed by atoms with van der Waals surface area (Å²) in [6, 6.07) is 2.97. The van der Waals surface area contributed by atoms with Gasteiger partial charge in [-0.15, -0.1) is 0 Å². The van der Waals surface area contributed by atoms with Crippen molar-refractivity contribution in [3.8, 4) is 0 Å². The van der Waals surface area contributed by atoms with Gasteiger partial charge in [-0.05, 0) is 31.5 Å². The molecule has 108 valence electrons. The van der Waals surface area contributed by atoms with E-state index < -0.39 is 20.4 Å². The number of nitrogens with one attached hydrogen (secondary N) is 1. The molecule has 0 aliphatic carbocycles. The van der Waals surface area contributed by atoms with Crippen molar-refractivity contribution in [2.24, 2.45) is 0 Å². The van der Waals surface area contributed by atoms with Crippen LogP contribution >= 0.6 is 11.6 Å². The number of amides is 1. The summed E-state index contributed by atoms with van der Waals surface area (Å²) in [5.41, 5.74) is 1.33. The molecule has 0 saturated carbocycles. The van der Waals surface area contributed by atoms with Crippen molar-refractivity contribution in [2.45, 2.75) is 25.0 Å². The fourth-order valence-electron chi connectivity index (χ4n) is 1.91. The number of fused-ring (bicyclic) bond motifs is 1. The number of sulfone groups is 1. The molecule has 0 fully saturated rings. The van der Waals surface area contributed by atoms with Gasteiger partial charge in [0.2, 0.25) is 5.91 Å². The van der Waals surface area contributed by atoms with Gasteiger partial charge in [-0.1, -0.05) is 11.6 Å². The van der Waals surface area contributed by atoms with Crippen LogP contribution in [0.25, 0.3) is 0 Å². The molecule has 7 heteroatoms. The zero-order chi connectivity index (χ0) is 15.3. The topological polar surface area (TPSA) is 80.3 Å². The second-order valence-electron chi connectivity index (χ2n) is 5.33. The lowest BCUT2D eigenvalue weighted by Crippen LogP contribution is -2.40. The third-order valence-corrected chi connectivity index (χ3v) is 5.89. The average Bonchev–Trinajstić information content (AvgIpc) is 2.64. The van der Waals surface area contributed by atoms with Gasteiger partial charge >= 0.3 is 0 Å². The smallest absolute Gasteiger partial charge is 0.228 e. The fraction of sp³-hybridized carbons (Fsp3) is 0.385. The van der Waals surface area contributed by atoms with Gasteiger partial charge in [-0.3, -0.25) is 9.59 Å². The van der Waals surface area contributed by atoms with Gasteiger partial charge in [-0.2, -0.15) is 0 Å². The van der Waals surface area contributed by atoms with E-state index >= 15 is 0 Å². The van der Waals surface area contributed by atoms with Crippen molar-refractivity contribution in [1.82, 2.24) is 0 Å². The lowest BCUT2D eigenvalue weighted by molar-refractivity contribution is -0.115. The SMILES string of the molecule is CC(C)(C(=O)c1cc2c(cc1Cl)NC(=O)C2)S(C)(=O)=O. The van der Waals surface area contributed by atoms with E-state index in [4.69, 9.17) is 11.6 Å². The molecule has 20 heavy (non-hydrogen) atoms. The van der Waals surface area contributed by atoms with Crippen LogP contribution in [0.4, 0.5) is 5.69 Å². The molecule has 2 rings (SSSR count). The van der Waals surface area contributed by atoms with Gasteiger partial charge in [0.1, 0.15) is 4.75 Å². The van der Waals surface area contributed by atoms with Crippen LogP contribution in [0.15, 0.2) is 12.1 Å². The van der Waals surface area contributed by atoms with E-state index in [-0.39, 0.29) is 22.9 Å². The molecule has 5 nitrogen and oxygen atoms in total. The summed E-state index contributed by atoms with van der Waals surface area (Å²) in [6.45, 7) is 2.69. The number of anilines is 1. The molecule has 1 aromatic carbocycles. The molecule has 1 aliphatic heterocycles. The maximum absolute atomic E-state index is 12.4. The summed E-state index contributed by atoms with van der Waals surface area (Å²) < 4.78 is 21.9. The largest absolute Gasteiger partial charge is 0.325 e. The number of benzene rings is 1. The van der Waals surface area contributed by atoms with Crippen LogP contribution in [0.5, 0.6) is 0 Å². The zero-order valence-electron chi connectivity index (χ0n) is 11.3. The molecule has 0 unspecified atom stereocenters. The first-order valence-corrected chi connectivity index (χ1v) is 8.17. The van der Waals surface area contributed by atoms with Gasteiger partial charge in [0.15, 0.2) is 15.6 Å². The standard InChI is InChI=1S/C13H14ClNO4S/c1-13(2,20(3,18)19)12(17)8-4-7-5-11(16)15-10(7)6-9(8)14/h4,6H,5H2,1-3H3,(H,15,16). The Kier molecular flexibility index (Phi) is 3.42. The highest BCUT2D eigenvalue weighted by atomic mass is 35.5. The van der Waals surface area contributed by atoms with Crippen LogP contribution in [-0.4, -0.2) is 31.1 Å². The normalized spacial score (nSPS) is 14.9. The van der Waals surface area contributed by atoms with Crippen molar-refractivity contribution in [3.05, 3.63) is 28.3 Å². The Morgan fingerprint density at radius 1 is 1.35 bits per heavy atom. The maximum Gasteiger partial charge on any atom is 0.228 e. The predicted octanol–water partition coefficient (Wildman–Crippen LogP) is 1.84. The molecule has 0 spiro atoms. The summed E-state index contributed by atoms with van der Waals surface area (Å²) in [4.78, 5) is 23.8. The van der Waals surface area contributed by atoms with Gasteiger partial charge in [0, 0.05) is 17.5 Å². The van der Waals surface area contributed by atoms with E-state index in [0.29, 0.717) is 11.3 Å². The third-order valence-electron chi connectivity index (χ3n) is 3.54. The second-order valence-corrected chi connectivity index (χ2v) is 8.30. The minimum absolute atomic E-state index is 0.123. The average molecular weight is 316 g/mol. The number of halogens is 1. The zero-order valence-corrected chi connectivity index (χ0v) is 12.9. The molecular weight excluding hydrogens is 302 g/mol. The Bertz CT molecular complexity index is 722. The summed E-state index contributed by atoms with van der Waals surface area (Å²) in [7, 11) is -3.58. The van der Waals surface area contributed by atoms with Crippen molar-refractivity contribution < 1.29 is 18.0 Å². The Morgan fingerprint density at radius 3 is 2.50 bits per heavy atom. The molecule has 1 aliphatic rings. The number of ketones is 1. The van der Waals surface area contributed by atoms with Crippen LogP contribution in [0, 0.1) is 0 Å². The highest BCUT2D eigenvalue weighted by Gasteiger charge is 2.40. The van der Waals surface area contributed by atoms with Crippen molar-refractivity contribution >= 4 is 38.8 Å². The van der Waals surface area contributed by atoms with Gasteiger partial charge in [-0.25, -0.2) is 8.42 Å². The Morgan fingerprint density at radius 2 is 1.95 bits per heavy atom. The molecule has 1 amide bonds. The summed E-state index contributed by atoms with van der Waals surface area (Å²) in [5.74, 6) is -0.754. The number of Topliss-reactive ketones (excluding diaryl/α,β-unsaturated/α-hetero) is 1. The molecule has 0 atom stereocenters. The number of rotatable bonds is 3. The van der Waals surface area contributed by atoms with E-state index in [1.807, 2.05) is 0 Å². The van der Waals surface area contributed by atoms with E-state index in [0.717, 1.165) is 6.26 Å². The molecule has 0 saturated heterocycles. The summed E-state index contributed by atoms with van der Waals surface area (Å²) in [6.07, 6.45) is 1.17.